The largest absolute Gasteiger partial charge is 0.453 e. The topological polar surface area (TPSA) is 178 Å². The molecule has 5 heterocycles. The maximum absolute atomic E-state index is 13.6. The van der Waals surface area contributed by atoms with Crippen LogP contribution in [0.1, 0.15) is 115 Å². The average molecular weight is 778 g/mol. The van der Waals surface area contributed by atoms with Crippen molar-refractivity contribution in [3.05, 3.63) is 71.8 Å². The van der Waals surface area contributed by atoms with E-state index >= 15 is 0 Å². The summed E-state index contributed by atoms with van der Waals surface area (Å²) in [5.74, 6) is 1.21. The van der Waals surface area contributed by atoms with Crippen molar-refractivity contribution in [3.8, 4) is 11.3 Å². The van der Waals surface area contributed by atoms with Crippen molar-refractivity contribution in [3.63, 3.8) is 0 Å². The number of nitrogens with zero attached hydrogens (tertiary/aromatic N) is 5. The van der Waals surface area contributed by atoms with Crippen molar-refractivity contribution >= 4 is 40.8 Å². The molecule has 0 spiro atoms. The van der Waals surface area contributed by atoms with E-state index in [9.17, 15) is 19.2 Å². The Labute approximate surface area is 333 Å². The highest BCUT2D eigenvalue weighted by Crippen LogP contribution is 2.41. The molecule has 1 aliphatic carbocycles. The Bertz CT molecular complexity index is 2160. The van der Waals surface area contributed by atoms with Gasteiger partial charge in [-0.2, -0.15) is 0 Å². The summed E-state index contributed by atoms with van der Waals surface area (Å²) >= 11 is 0. The first kappa shape index (κ1) is 39.7. The second kappa shape index (κ2) is 16.5. The molecule has 14 heteroatoms. The Morgan fingerprint density at radius 2 is 1.65 bits per heavy atom. The number of pyridine rings is 1. The molecule has 1 unspecified atom stereocenters. The van der Waals surface area contributed by atoms with Crippen LogP contribution in [0.2, 0.25) is 0 Å². The number of imidazole rings is 2. The molecule has 0 saturated carbocycles. The highest BCUT2D eigenvalue weighted by molar-refractivity contribution is 5.87. The van der Waals surface area contributed by atoms with E-state index in [2.05, 4.69) is 57.9 Å². The number of likely N-dealkylation sites (tertiary alicyclic amines) is 2. The first-order valence-electron chi connectivity index (χ1n) is 20.3. The van der Waals surface area contributed by atoms with Gasteiger partial charge in [-0.05, 0) is 80.6 Å². The fourth-order valence-corrected chi connectivity index (χ4v) is 8.69. The number of aromatic amines is 2. The summed E-state index contributed by atoms with van der Waals surface area (Å²) < 4.78 is 4.77. The third-order valence-electron chi connectivity index (χ3n) is 12.2. The summed E-state index contributed by atoms with van der Waals surface area (Å²) in [6.07, 6.45) is 12.0. The zero-order chi connectivity index (χ0) is 40.4. The normalized spacial score (nSPS) is 22.1. The number of H-pyrrole nitrogens is 2. The number of methoxy groups -OCH3 is 1. The molecule has 2 saturated heterocycles. The number of carbonyl (C=O) groups is 4. The van der Waals surface area contributed by atoms with Gasteiger partial charge in [0.1, 0.15) is 23.7 Å². The number of fused-ring (bicyclic) bond motifs is 1. The van der Waals surface area contributed by atoms with Crippen molar-refractivity contribution < 1.29 is 23.9 Å². The lowest BCUT2D eigenvalue weighted by molar-refractivity contribution is -0.137. The zero-order valence-electron chi connectivity index (χ0n) is 33.8. The molecule has 0 bridgehead atoms. The minimum Gasteiger partial charge on any atom is -0.453 e. The van der Waals surface area contributed by atoms with Crippen LogP contribution in [0.4, 0.5) is 4.79 Å². The molecule has 3 aliphatic rings. The van der Waals surface area contributed by atoms with Crippen molar-refractivity contribution in [2.75, 3.05) is 20.2 Å². The summed E-state index contributed by atoms with van der Waals surface area (Å²) in [6, 6.07) is 8.91. The van der Waals surface area contributed by atoms with Crippen LogP contribution in [0.3, 0.4) is 0 Å². The van der Waals surface area contributed by atoms with Crippen LogP contribution in [-0.2, 0) is 24.5 Å². The molecule has 302 valence electrons. The maximum atomic E-state index is 13.6. The lowest BCUT2D eigenvalue weighted by Gasteiger charge is -2.32. The number of amides is 4. The molecule has 0 radical (unpaired) electrons. The van der Waals surface area contributed by atoms with Crippen LogP contribution in [-0.4, -0.2) is 91.3 Å². The van der Waals surface area contributed by atoms with Gasteiger partial charge >= 0.3 is 6.09 Å². The van der Waals surface area contributed by atoms with Crippen LogP contribution in [0.5, 0.6) is 0 Å². The second-order valence-corrected chi connectivity index (χ2v) is 16.7. The number of rotatable bonds is 12. The fourth-order valence-electron chi connectivity index (χ4n) is 8.69. The van der Waals surface area contributed by atoms with Crippen molar-refractivity contribution in [2.45, 2.75) is 109 Å². The Balaban J connectivity index is 1.02. The van der Waals surface area contributed by atoms with Crippen LogP contribution < -0.4 is 10.6 Å². The quantitative estimate of drug-likeness (QED) is 0.120. The monoisotopic (exact) mass is 777 g/mol. The first-order valence-corrected chi connectivity index (χ1v) is 20.3. The van der Waals surface area contributed by atoms with Crippen molar-refractivity contribution in [1.29, 1.82) is 0 Å². The van der Waals surface area contributed by atoms with Gasteiger partial charge in [-0.15, -0.1) is 0 Å². The molecule has 7 rings (SSSR count). The summed E-state index contributed by atoms with van der Waals surface area (Å²) in [6.45, 7) is 11.2. The van der Waals surface area contributed by atoms with Crippen molar-refractivity contribution in [2.24, 2.45) is 11.8 Å². The number of aromatic nitrogens is 5. The number of hydrogen-bond donors (Lipinski definition) is 4. The second-order valence-electron chi connectivity index (χ2n) is 16.7. The van der Waals surface area contributed by atoms with Gasteiger partial charge in [0.2, 0.25) is 18.2 Å². The number of carbonyl (C=O) groups excluding carboxylic acids is 4. The predicted molar refractivity (Wildman–Crippen MR) is 216 cm³/mol. The standard InChI is InChI=1S/C43H55N9O5/c1-25(2)36(46-24-53)40(54)51-19-7-9-33(51)39-45-23-32(49-39)29-11-13-30-28(21-29)12-14-35(47-30)43(5)17-15-27(16-18-43)31-22-44-38(48-31)34-10-8-20-52(34)41(55)37(26(3)4)50-42(56)57-6/h11-15,21-26,33-34,36-37H,7-10,16-20H2,1-6H3,(H,44,48)(H,45,49)(H,46,53)(H,50,56)/t33-,34-,36-,37-,43?/m0/s1. The number of alkyl carbamates (subject to hydrolysis) is 1. The minimum absolute atomic E-state index is 0.0217. The number of benzene rings is 1. The van der Waals surface area contributed by atoms with Gasteiger partial charge in [0.05, 0.1) is 42.3 Å². The number of ether oxygens (including phenoxy) is 1. The Morgan fingerprint density at radius 3 is 2.30 bits per heavy atom. The molecule has 2 aliphatic heterocycles. The van der Waals surface area contributed by atoms with Crippen LogP contribution in [0.15, 0.2) is 48.8 Å². The van der Waals surface area contributed by atoms with Gasteiger partial charge in [-0.1, -0.05) is 52.8 Å². The molecule has 14 nitrogen and oxygen atoms in total. The lowest BCUT2D eigenvalue weighted by atomic mass is 9.73. The summed E-state index contributed by atoms with van der Waals surface area (Å²) in [4.78, 5) is 75.6. The SMILES string of the molecule is COC(=O)N[C@H](C(=O)N1CCC[C@H]1c1ncc(C2=CCC(C)(c3ccc4cc(-c5c[nH]c([C@@H]6CCCN6C(=O)[C@@H](NC=O)C(C)C)n5)ccc4n3)CC2)[nH]1)C(C)C. The molecule has 3 aromatic heterocycles. The average Bonchev–Trinajstić information content (AvgIpc) is 4.05. The van der Waals surface area contributed by atoms with E-state index < -0.39 is 18.2 Å². The molecule has 1 aromatic carbocycles. The van der Waals surface area contributed by atoms with E-state index in [0.29, 0.717) is 19.5 Å². The Hall–Kier alpha value is -5.53. The fraction of sp³-hybridized carbons (Fsp3) is 0.512. The molecule has 5 atom stereocenters. The first-order chi connectivity index (χ1) is 27.4. The molecule has 4 amide bonds. The van der Waals surface area contributed by atoms with E-state index in [4.69, 9.17) is 19.7 Å². The molecule has 2 fully saturated rings. The van der Waals surface area contributed by atoms with Crippen molar-refractivity contribution in [1.82, 2.24) is 45.4 Å². The predicted octanol–water partition coefficient (Wildman–Crippen LogP) is 6.35. The van der Waals surface area contributed by atoms with Gasteiger partial charge in [-0.3, -0.25) is 19.4 Å². The summed E-state index contributed by atoms with van der Waals surface area (Å²) in [5.41, 5.74) is 5.81. The molecular weight excluding hydrogens is 723 g/mol. The Kier molecular flexibility index (Phi) is 11.5. The molecule has 4 N–H and O–H groups in total. The van der Waals surface area contributed by atoms with E-state index in [1.165, 1.54) is 12.7 Å². The van der Waals surface area contributed by atoms with E-state index in [1.54, 1.807) is 0 Å². The highest BCUT2D eigenvalue weighted by atomic mass is 16.5. The number of nitrogens with one attached hydrogen (secondary N) is 4. The lowest BCUT2D eigenvalue weighted by Crippen LogP contribution is -2.51. The number of hydrogen-bond acceptors (Lipinski definition) is 8. The zero-order valence-corrected chi connectivity index (χ0v) is 33.8. The van der Waals surface area contributed by atoms with Gasteiger partial charge in [0, 0.05) is 41.3 Å². The van der Waals surface area contributed by atoms with Crippen LogP contribution in [0, 0.1) is 11.8 Å². The summed E-state index contributed by atoms with van der Waals surface area (Å²) in [5, 5.41) is 6.44. The van der Waals surface area contributed by atoms with Gasteiger partial charge in [0.25, 0.3) is 0 Å². The summed E-state index contributed by atoms with van der Waals surface area (Å²) in [7, 11) is 1.30. The smallest absolute Gasteiger partial charge is 0.407 e. The van der Waals surface area contributed by atoms with E-state index in [-0.39, 0.29) is 41.1 Å². The highest BCUT2D eigenvalue weighted by Gasteiger charge is 2.39. The third-order valence-corrected chi connectivity index (χ3v) is 12.2. The van der Waals surface area contributed by atoms with E-state index in [0.717, 1.165) is 90.1 Å². The minimum atomic E-state index is -0.674. The molecule has 57 heavy (non-hydrogen) atoms. The maximum Gasteiger partial charge on any atom is 0.407 e. The van der Waals surface area contributed by atoms with Gasteiger partial charge in [-0.25, -0.2) is 14.8 Å². The molecule has 4 aromatic rings. The van der Waals surface area contributed by atoms with Crippen LogP contribution >= 0.6 is 0 Å². The Morgan fingerprint density at radius 1 is 0.947 bits per heavy atom. The molecular formula is C43H55N9O5. The van der Waals surface area contributed by atoms with E-state index in [1.807, 2.05) is 56.0 Å². The van der Waals surface area contributed by atoms with Gasteiger partial charge < -0.3 is 35.1 Å². The van der Waals surface area contributed by atoms with Crippen LogP contribution in [0.25, 0.3) is 27.7 Å². The number of allylic oxidation sites excluding steroid dienone is 2. The van der Waals surface area contributed by atoms with Gasteiger partial charge in [0.15, 0.2) is 0 Å². The third kappa shape index (κ3) is 8.04.